The van der Waals surface area contributed by atoms with Gasteiger partial charge < -0.3 is 14.6 Å². The second kappa shape index (κ2) is 8.02. The van der Waals surface area contributed by atoms with Gasteiger partial charge in [0.1, 0.15) is 18.1 Å². The fourth-order valence-corrected chi connectivity index (χ4v) is 2.37. The maximum Gasteiger partial charge on any atom is 0.341 e. The molecule has 0 aliphatic rings. The molecule has 4 nitrogen and oxygen atoms in total. The molecule has 126 valence electrons. The Morgan fingerprint density at radius 1 is 0.720 bits per heavy atom. The summed E-state index contributed by atoms with van der Waals surface area (Å²) in [5.74, 6) is 0.205. The summed E-state index contributed by atoms with van der Waals surface area (Å²) < 4.78 is 10.8. The molecule has 0 aromatic heterocycles. The molecular formula is C21H18O4. The lowest BCUT2D eigenvalue weighted by molar-refractivity contribution is -0.139. The molecule has 0 fully saturated rings. The van der Waals surface area contributed by atoms with E-state index in [1.807, 2.05) is 30.3 Å². The molecule has 0 radical (unpaired) electrons. The molecular weight excluding hydrogens is 316 g/mol. The van der Waals surface area contributed by atoms with Gasteiger partial charge in [0.25, 0.3) is 0 Å². The Hall–Kier alpha value is -3.27. The summed E-state index contributed by atoms with van der Waals surface area (Å²) >= 11 is 0. The predicted molar refractivity (Wildman–Crippen MR) is 95.8 cm³/mol. The van der Waals surface area contributed by atoms with Crippen LogP contribution in [0.1, 0.15) is 5.56 Å². The minimum Gasteiger partial charge on any atom is -0.489 e. The summed E-state index contributed by atoms with van der Waals surface area (Å²) in [6, 6.07) is 25.4. The van der Waals surface area contributed by atoms with E-state index in [0.717, 1.165) is 5.56 Å². The van der Waals surface area contributed by atoms with Crippen molar-refractivity contribution in [3.63, 3.8) is 0 Å². The lowest BCUT2D eigenvalue weighted by atomic mass is 10.0. The maximum absolute atomic E-state index is 10.5. The zero-order chi connectivity index (χ0) is 17.5. The van der Waals surface area contributed by atoms with Crippen LogP contribution in [0.25, 0.3) is 11.1 Å². The first-order valence-corrected chi connectivity index (χ1v) is 7.92. The second-order valence-electron chi connectivity index (χ2n) is 5.51. The van der Waals surface area contributed by atoms with E-state index in [4.69, 9.17) is 14.6 Å². The van der Waals surface area contributed by atoms with Crippen LogP contribution in [0.5, 0.6) is 11.5 Å². The van der Waals surface area contributed by atoms with Crippen molar-refractivity contribution in [3.8, 4) is 22.6 Å². The SMILES string of the molecule is O=C(O)COc1ccc(OCc2ccc(-c3ccccc3)cc2)cc1. The highest BCUT2D eigenvalue weighted by atomic mass is 16.5. The lowest BCUT2D eigenvalue weighted by Gasteiger charge is -2.09. The van der Waals surface area contributed by atoms with Crippen molar-refractivity contribution in [1.82, 2.24) is 0 Å². The number of aliphatic carboxylic acids is 1. The highest BCUT2D eigenvalue weighted by Crippen LogP contribution is 2.21. The van der Waals surface area contributed by atoms with Crippen molar-refractivity contribution in [2.75, 3.05) is 6.61 Å². The number of rotatable bonds is 7. The van der Waals surface area contributed by atoms with Gasteiger partial charge in [0.15, 0.2) is 6.61 Å². The Bertz CT molecular complexity index is 809. The topological polar surface area (TPSA) is 55.8 Å². The Morgan fingerprint density at radius 3 is 1.88 bits per heavy atom. The van der Waals surface area contributed by atoms with Crippen LogP contribution in [0.4, 0.5) is 0 Å². The lowest BCUT2D eigenvalue weighted by Crippen LogP contribution is -2.09. The first-order chi connectivity index (χ1) is 12.2. The average molecular weight is 334 g/mol. The Balaban J connectivity index is 1.55. The average Bonchev–Trinajstić information content (AvgIpc) is 2.66. The van der Waals surface area contributed by atoms with Crippen molar-refractivity contribution < 1.29 is 19.4 Å². The summed E-state index contributed by atoms with van der Waals surface area (Å²) in [4.78, 5) is 10.5. The summed E-state index contributed by atoms with van der Waals surface area (Å²) in [6.07, 6.45) is 0. The molecule has 0 spiro atoms. The molecule has 0 aliphatic carbocycles. The second-order valence-corrected chi connectivity index (χ2v) is 5.51. The Kier molecular flexibility index (Phi) is 5.32. The van der Waals surface area contributed by atoms with Gasteiger partial charge in [0, 0.05) is 0 Å². The molecule has 1 N–H and O–H groups in total. The molecule has 0 heterocycles. The minimum absolute atomic E-state index is 0.353. The third kappa shape index (κ3) is 4.85. The van der Waals surface area contributed by atoms with Crippen LogP contribution >= 0.6 is 0 Å². The van der Waals surface area contributed by atoms with Gasteiger partial charge in [-0.05, 0) is 41.0 Å². The van der Waals surface area contributed by atoms with Gasteiger partial charge in [-0.25, -0.2) is 4.79 Å². The first kappa shape index (κ1) is 16.6. The summed E-state index contributed by atoms with van der Waals surface area (Å²) in [5, 5.41) is 8.58. The molecule has 25 heavy (non-hydrogen) atoms. The number of benzene rings is 3. The van der Waals surface area contributed by atoms with Crippen LogP contribution in [-0.4, -0.2) is 17.7 Å². The van der Waals surface area contributed by atoms with Crippen molar-refractivity contribution in [1.29, 1.82) is 0 Å². The largest absolute Gasteiger partial charge is 0.489 e. The normalized spacial score (nSPS) is 10.2. The van der Waals surface area contributed by atoms with Gasteiger partial charge in [-0.15, -0.1) is 0 Å². The molecule has 3 aromatic carbocycles. The van der Waals surface area contributed by atoms with Crippen LogP contribution in [0.15, 0.2) is 78.9 Å². The van der Waals surface area contributed by atoms with Gasteiger partial charge in [-0.1, -0.05) is 54.6 Å². The standard InChI is InChI=1S/C21H18O4/c22-21(23)15-25-20-12-10-19(11-13-20)24-14-16-6-8-18(9-7-16)17-4-2-1-3-5-17/h1-13H,14-15H2,(H,22,23). The number of ether oxygens (including phenoxy) is 2. The summed E-state index contributed by atoms with van der Waals surface area (Å²) in [6.45, 7) is 0.109. The van der Waals surface area contributed by atoms with Gasteiger partial charge >= 0.3 is 5.97 Å². The molecule has 0 unspecified atom stereocenters. The fraction of sp³-hybridized carbons (Fsp3) is 0.0952. The van der Waals surface area contributed by atoms with E-state index in [1.165, 1.54) is 11.1 Å². The van der Waals surface area contributed by atoms with Crippen LogP contribution in [-0.2, 0) is 11.4 Å². The van der Waals surface area contributed by atoms with E-state index >= 15 is 0 Å². The maximum atomic E-state index is 10.5. The number of carbonyl (C=O) groups is 1. The monoisotopic (exact) mass is 334 g/mol. The number of hydrogen-bond acceptors (Lipinski definition) is 3. The molecule has 4 heteroatoms. The molecule has 0 bridgehead atoms. The highest BCUT2D eigenvalue weighted by molar-refractivity contribution is 5.68. The molecule has 0 amide bonds. The third-order valence-electron chi connectivity index (χ3n) is 3.65. The van der Waals surface area contributed by atoms with Crippen molar-refractivity contribution in [2.24, 2.45) is 0 Å². The van der Waals surface area contributed by atoms with Crippen LogP contribution in [0.2, 0.25) is 0 Å². The third-order valence-corrected chi connectivity index (χ3v) is 3.65. The molecule has 3 aromatic rings. The molecule has 0 aliphatic heterocycles. The fourth-order valence-electron chi connectivity index (χ4n) is 2.37. The Labute approximate surface area is 146 Å². The van der Waals surface area contributed by atoms with E-state index in [0.29, 0.717) is 18.1 Å². The molecule has 0 saturated heterocycles. The smallest absolute Gasteiger partial charge is 0.341 e. The first-order valence-electron chi connectivity index (χ1n) is 7.92. The Morgan fingerprint density at radius 2 is 1.28 bits per heavy atom. The van der Waals surface area contributed by atoms with Crippen LogP contribution in [0, 0.1) is 0 Å². The van der Waals surface area contributed by atoms with Crippen LogP contribution in [0.3, 0.4) is 0 Å². The van der Waals surface area contributed by atoms with Crippen molar-refractivity contribution in [2.45, 2.75) is 6.61 Å². The van der Waals surface area contributed by atoms with Gasteiger partial charge in [0.05, 0.1) is 0 Å². The minimum atomic E-state index is -1.00. The van der Waals surface area contributed by atoms with E-state index < -0.39 is 5.97 Å². The highest BCUT2D eigenvalue weighted by Gasteiger charge is 2.01. The quantitative estimate of drug-likeness (QED) is 0.696. The number of hydrogen-bond donors (Lipinski definition) is 1. The van der Waals surface area contributed by atoms with E-state index in [9.17, 15) is 4.79 Å². The van der Waals surface area contributed by atoms with Crippen molar-refractivity contribution >= 4 is 5.97 Å². The van der Waals surface area contributed by atoms with E-state index in [-0.39, 0.29) is 6.61 Å². The number of carboxylic acids is 1. The van der Waals surface area contributed by atoms with Crippen LogP contribution < -0.4 is 9.47 Å². The summed E-state index contributed by atoms with van der Waals surface area (Å²) in [5.41, 5.74) is 3.43. The zero-order valence-corrected chi connectivity index (χ0v) is 13.6. The van der Waals surface area contributed by atoms with Gasteiger partial charge in [0.2, 0.25) is 0 Å². The van der Waals surface area contributed by atoms with Gasteiger partial charge in [-0.2, -0.15) is 0 Å². The zero-order valence-electron chi connectivity index (χ0n) is 13.6. The molecule has 3 rings (SSSR count). The predicted octanol–water partition coefficient (Wildman–Crippen LogP) is 4.40. The molecule has 0 saturated carbocycles. The van der Waals surface area contributed by atoms with E-state index in [1.54, 1.807) is 24.3 Å². The number of carboxylic acid groups (broad SMARTS) is 1. The molecule has 0 atom stereocenters. The summed E-state index contributed by atoms with van der Waals surface area (Å²) in [7, 11) is 0. The van der Waals surface area contributed by atoms with Gasteiger partial charge in [-0.3, -0.25) is 0 Å². The van der Waals surface area contributed by atoms with Crippen molar-refractivity contribution in [3.05, 3.63) is 84.4 Å². The van der Waals surface area contributed by atoms with E-state index in [2.05, 4.69) is 24.3 Å².